The maximum atomic E-state index is 11.0. The zero-order chi connectivity index (χ0) is 9.68. The molecule has 2 N–H and O–H groups in total. The fourth-order valence-electron chi connectivity index (χ4n) is 1.58. The SMILES string of the molecule is CC(C)CNCC1CCCC(=O)N1. The second-order valence-corrected chi connectivity index (χ2v) is 4.21. The molecule has 0 radical (unpaired) electrons. The molecule has 0 aromatic carbocycles. The van der Waals surface area contributed by atoms with E-state index in [1.807, 2.05) is 0 Å². The van der Waals surface area contributed by atoms with E-state index in [4.69, 9.17) is 0 Å². The van der Waals surface area contributed by atoms with Gasteiger partial charge in [0.25, 0.3) is 0 Å². The molecule has 1 amide bonds. The number of carbonyl (C=O) groups excluding carboxylic acids is 1. The van der Waals surface area contributed by atoms with Crippen molar-refractivity contribution >= 4 is 5.91 Å². The fraction of sp³-hybridized carbons (Fsp3) is 0.900. The van der Waals surface area contributed by atoms with E-state index in [0.717, 1.165) is 25.9 Å². The monoisotopic (exact) mass is 184 g/mol. The minimum Gasteiger partial charge on any atom is -0.352 e. The van der Waals surface area contributed by atoms with Crippen LogP contribution < -0.4 is 10.6 Å². The average molecular weight is 184 g/mol. The molecule has 1 atom stereocenters. The lowest BCUT2D eigenvalue weighted by Gasteiger charge is -2.23. The molecule has 1 saturated heterocycles. The van der Waals surface area contributed by atoms with Gasteiger partial charge in [-0.25, -0.2) is 0 Å². The van der Waals surface area contributed by atoms with Crippen molar-refractivity contribution in [1.82, 2.24) is 10.6 Å². The van der Waals surface area contributed by atoms with Crippen LogP contribution in [0.1, 0.15) is 33.1 Å². The van der Waals surface area contributed by atoms with Crippen LogP contribution in [0, 0.1) is 5.92 Å². The van der Waals surface area contributed by atoms with Crippen LogP contribution in [0.2, 0.25) is 0 Å². The number of nitrogens with one attached hydrogen (secondary N) is 2. The molecule has 1 fully saturated rings. The molecular weight excluding hydrogens is 164 g/mol. The van der Waals surface area contributed by atoms with E-state index in [2.05, 4.69) is 24.5 Å². The number of hydrogen-bond acceptors (Lipinski definition) is 2. The van der Waals surface area contributed by atoms with E-state index in [-0.39, 0.29) is 5.91 Å². The highest BCUT2D eigenvalue weighted by molar-refractivity contribution is 5.76. The third-order valence-corrected chi connectivity index (χ3v) is 2.26. The van der Waals surface area contributed by atoms with Gasteiger partial charge in [-0.3, -0.25) is 4.79 Å². The number of amides is 1. The van der Waals surface area contributed by atoms with Crippen LogP contribution in [0.5, 0.6) is 0 Å². The molecular formula is C10H20N2O. The zero-order valence-electron chi connectivity index (χ0n) is 8.60. The summed E-state index contributed by atoms with van der Waals surface area (Å²) in [6.45, 7) is 6.33. The number of hydrogen-bond donors (Lipinski definition) is 2. The Labute approximate surface area is 80.3 Å². The molecule has 1 aliphatic heterocycles. The molecule has 1 heterocycles. The van der Waals surface area contributed by atoms with Crippen molar-refractivity contribution in [2.24, 2.45) is 5.92 Å². The van der Waals surface area contributed by atoms with E-state index in [1.165, 1.54) is 0 Å². The van der Waals surface area contributed by atoms with Crippen molar-refractivity contribution < 1.29 is 4.79 Å². The molecule has 0 aromatic rings. The number of carbonyl (C=O) groups is 1. The van der Waals surface area contributed by atoms with Gasteiger partial charge >= 0.3 is 0 Å². The summed E-state index contributed by atoms with van der Waals surface area (Å²) < 4.78 is 0. The van der Waals surface area contributed by atoms with Gasteiger partial charge in [-0.05, 0) is 25.3 Å². The molecule has 13 heavy (non-hydrogen) atoms. The molecule has 1 rings (SSSR count). The summed E-state index contributed by atoms with van der Waals surface area (Å²) in [5.74, 6) is 0.891. The summed E-state index contributed by atoms with van der Waals surface area (Å²) in [6, 6.07) is 0.361. The standard InChI is InChI=1S/C10H20N2O/c1-8(2)6-11-7-9-4-3-5-10(13)12-9/h8-9,11H,3-7H2,1-2H3,(H,12,13). The summed E-state index contributed by atoms with van der Waals surface area (Å²) in [5, 5.41) is 6.35. The van der Waals surface area contributed by atoms with Crippen molar-refractivity contribution in [1.29, 1.82) is 0 Å². The highest BCUT2D eigenvalue weighted by Gasteiger charge is 2.17. The van der Waals surface area contributed by atoms with E-state index in [0.29, 0.717) is 18.4 Å². The highest BCUT2D eigenvalue weighted by Crippen LogP contribution is 2.06. The van der Waals surface area contributed by atoms with Gasteiger partial charge < -0.3 is 10.6 Å². The third-order valence-electron chi connectivity index (χ3n) is 2.26. The molecule has 3 heteroatoms. The van der Waals surface area contributed by atoms with E-state index in [1.54, 1.807) is 0 Å². The number of rotatable bonds is 4. The van der Waals surface area contributed by atoms with E-state index >= 15 is 0 Å². The van der Waals surface area contributed by atoms with Crippen LogP contribution >= 0.6 is 0 Å². The lowest BCUT2D eigenvalue weighted by molar-refractivity contribution is -0.123. The Hall–Kier alpha value is -0.570. The van der Waals surface area contributed by atoms with Gasteiger partial charge in [0, 0.05) is 19.0 Å². The van der Waals surface area contributed by atoms with Gasteiger partial charge in [0.2, 0.25) is 5.91 Å². The van der Waals surface area contributed by atoms with Gasteiger partial charge in [-0.2, -0.15) is 0 Å². The lowest BCUT2D eigenvalue weighted by atomic mass is 10.0. The Morgan fingerprint density at radius 1 is 1.62 bits per heavy atom. The molecule has 1 unspecified atom stereocenters. The largest absolute Gasteiger partial charge is 0.352 e. The molecule has 1 aliphatic rings. The summed E-state index contributed by atoms with van der Waals surface area (Å²) >= 11 is 0. The third kappa shape index (κ3) is 4.27. The molecule has 76 valence electrons. The Morgan fingerprint density at radius 2 is 2.38 bits per heavy atom. The predicted octanol–water partition coefficient (Wildman–Crippen LogP) is 0.901. The Balaban J connectivity index is 2.10. The van der Waals surface area contributed by atoms with Crippen LogP contribution in [0.3, 0.4) is 0 Å². The van der Waals surface area contributed by atoms with Crippen LogP contribution in [-0.4, -0.2) is 25.0 Å². The smallest absolute Gasteiger partial charge is 0.220 e. The maximum Gasteiger partial charge on any atom is 0.220 e. The van der Waals surface area contributed by atoms with E-state index in [9.17, 15) is 4.79 Å². The first-order valence-electron chi connectivity index (χ1n) is 5.18. The second kappa shape index (κ2) is 5.22. The van der Waals surface area contributed by atoms with Gasteiger partial charge in [-0.1, -0.05) is 13.8 Å². The van der Waals surface area contributed by atoms with Gasteiger partial charge in [0.1, 0.15) is 0 Å². The topological polar surface area (TPSA) is 41.1 Å². The van der Waals surface area contributed by atoms with Crippen molar-refractivity contribution in [3.63, 3.8) is 0 Å². The van der Waals surface area contributed by atoms with E-state index < -0.39 is 0 Å². The highest BCUT2D eigenvalue weighted by atomic mass is 16.1. The first kappa shape index (κ1) is 10.5. The first-order chi connectivity index (χ1) is 6.18. The van der Waals surface area contributed by atoms with Gasteiger partial charge in [-0.15, -0.1) is 0 Å². The first-order valence-corrected chi connectivity index (χ1v) is 5.18. The summed E-state index contributed by atoms with van der Waals surface area (Å²) in [4.78, 5) is 11.0. The summed E-state index contributed by atoms with van der Waals surface area (Å²) in [5.41, 5.74) is 0. The number of piperidine rings is 1. The van der Waals surface area contributed by atoms with Crippen molar-refractivity contribution in [3.8, 4) is 0 Å². The van der Waals surface area contributed by atoms with Gasteiger partial charge in [0.05, 0.1) is 0 Å². The summed E-state index contributed by atoms with van der Waals surface area (Å²) in [7, 11) is 0. The minimum absolute atomic E-state index is 0.211. The Bertz CT molecular complexity index is 168. The van der Waals surface area contributed by atoms with Crippen molar-refractivity contribution in [2.45, 2.75) is 39.2 Å². The lowest BCUT2D eigenvalue weighted by Crippen LogP contribution is -2.45. The Morgan fingerprint density at radius 3 is 3.00 bits per heavy atom. The molecule has 3 nitrogen and oxygen atoms in total. The molecule has 0 saturated carbocycles. The molecule has 0 bridgehead atoms. The van der Waals surface area contributed by atoms with Crippen LogP contribution in [0.15, 0.2) is 0 Å². The quantitative estimate of drug-likeness (QED) is 0.681. The van der Waals surface area contributed by atoms with Crippen molar-refractivity contribution in [3.05, 3.63) is 0 Å². The maximum absolute atomic E-state index is 11.0. The second-order valence-electron chi connectivity index (χ2n) is 4.21. The van der Waals surface area contributed by atoms with Crippen LogP contribution in [-0.2, 0) is 4.79 Å². The zero-order valence-corrected chi connectivity index (χ0v) is 8.60. The minimum atomic E-state index is 0.211. The molecule has 0 aliphatic carbocycles. The van der Waals surface area contributed by atoms with Crippen molar-refractivity contribution in [2.75, 3.05) is 13.1 Å². The average Bonchev–Trinajstić information content (AvgIpc) is 2.03. The molecule has 0 spiro atoms. The molecule has 0 aromatic heterocycles. The predicted molar refractivity (Wildman–Crippen MR) is 53.5 cm³/mol. The van der Waals surface area contributed by atoms with Crippen LogP contribution in [0.4, 0.5) is 0 Å². The van der Waals surface area contributed by atoms with Crippen LogP contribution in [0.25, 0.3) is 0 Å². The van der Waals surface area contributed by atoms with Gasteiger partial charge in [0.15, 0.2) is 0 Å². The fourth-order valence-corrected chi connectivity index (χ4v) is 1.58. The normalized spacial score (nSPS) is 23.3. The summed E-state index contributed by atoms with van der Waals surface area (Å²) in [6.07, 6.45) is 2.87. The Kier molecular flexibility index (Phi) is 4.22.